The van der Waals surface area contributed by atoms with Gasteiger partial charge in [-0.3, -0.25) is 14.4 Å². The summed E-state index contributed by atoms with van der Waals surface area (Å²) in [4.78, 5) is 40.2. The van der Waals surface area contributed by atoms with Crippen molar-refractivity contribution >= 4 is 11.8 Å². The minimum Gasteiger partial charge on any atom is -0.503 e. The molecule has 0 saturated heterocycles. The Morgan fingerprint density at radius 2 is 1.94 bits per heavy atom. The highest BCUT2D eigenvalue weighted by Gasteiger charge is 2.38. The van der Waals surface area contributed by atoms with E-state index in [1.54, 1.807) is 4.90 Å². The first-order chi connectivity index (χ1) is 15.8. The molecule has 0 aliphatic carbocycles. The summed E-state index contributed by atoms with van der Waals surface area (Å²) >= 11 is 0. The fourth-order valence-electron chi connectivity index (χ4n) is 4.49. The Hall–Kier alpha value is -4.01. The molecule has 0 fully saturated rings. The van der Waals surface area contributed by atoms with Crippen molar-refractivity contribution in [2.75, 3.05) is 13.1 Å². The number of aromatic hydroxyl groups is 1. The number of hydrogen-bond donors (Lipinski definition) is 2. The quantitative estimate of drug-likeness (QED) is 0.640. The molecule has 0 unspecified atom stereocenters. The lowest BCUT2D eigenvalue weighted by Gasteiger charge is -2.35. The summed E-state index contributed by atoms with van der Waals surface area (Å²) in [5.41, 5.74) is 0.504. The Morgan fingerprint density at radius 3 is 2.73 bits per heavy atom. The number of nitrogens with one attached hydrogen (secondary N) is 1. The molecule has 0 radical (unpaired) electrons. The van der Waals surface area contributed by atoms with E-state index < -0.39 is 34.6 Å². The predicted molar refractivity (Wildman–Crippen MR) is 114 cm³/mol. The Labute approximate surface area is 186 Å². The van der Waals surface area contributed by atoms with Crippen LogP contribution in [0.1, 0.15) is 43.6 Å². The van der Waals surface area contributed by atoms with Crippen LogP contribution in [0.5, 0.6) is 5.75 Å². The first-order valence-electron chi connectivity index (χ1n) is 10.4. The molecule has 2 aliphatic rings. The van der Waals surface area contributed by atoms with Gasteiger partial charge >= 0.3 is 0 Å². The average Bonchev–Trinajstić information content (AvgIpc) is 2.97. The van der Waals surface area contributed by atoms with Gasteiger partial charge in [0.25, 0.3) is 11.8 Å². The van der Waals surface area contributed by atoms with Gasteiger partial charge in [0.1, 0.15) is 17.2 Å². The van der Waals surface area contributed by atoms with Gasteiger partial charge in [-0.25, -0.2) is 8.78 Å². The zero-order chi connectivity index (χ0) is 23.3. The Kier molecular flexibility index (Phi) is 4.96. The number of halogens is 2. The third-order valence-electron chi connectivity index (χ3n) is 6.19. The monoisotopic (exact) mass is 451 g/mol. The molecule has 2 aromatic carbocycles. The molecule has 0 spiro atoms. The van der Waals surface area contributed by atoms with Crippen molar-refractivity contribution in [2.24, 2.45) is 0 Å². The number of nitrogens with zero attached hydrogens (tertiary/aromatic N) is 2. The number of rotatable bonds is 3. The van der Waals surface area contributed by atoms with Crippen LogP contribution < -0.4 is 10.7 Å². The zero-order valence-corrected chi connectivity index (χ0v) is 17.3. The summed E-state index contributed by atoms with van der Waals surface area (Å²) in [6, 6.07) is 10.2. The van der Waals surface area contributed by atoms with Crippen molar-refractivity contribution in [3.05, 3.63) is 98.5 Å². The zero-order valence-electron chi connectivity index (χ0n) is 17.3. The first-order valence-corrected chi connectivity index (χ1v) is 10.4. The van der Waals surface area contributed by atoms with Crippen LogP contribution in [0.15, 0.2) is 53.5 Å². The molecular formula is C24H19F2N3O4. The molecule has 2 aliphatic heterocycles. The highest BCUT2D eigenvalue weighted by Crippen LogP contribution is 2.34. The van der Waals surface area contributed by atoms with Gasteiger partial charge in [0.2, 0.25) is 5.43 Å². The predicted octanol–water partition coefficient (Wildman–Crippen LogP) is 2.36. The maximum absolute atomic E-state index is 13.9. The number of amides is 2. The summed E-state index contributed by atoms with van der Waals surface area (Å²) in [5, 5.41) is 13.1. The average molecular weight is 451 g/mol. The van der Waals surface area contributed by atoms with Crippen LogP contribution in [0.4, 0.5) is 8.78 Å². The van der Waals surface area contributed by atoms with Crippen molar-refractivity contribution in [1.82, 2.24) is 14.8 Å². The largest absolute Gasteiger partial charge is 0.503 e. The number of carbonyl (C=O) groups is 2. The minimum absolute atomic E-state index is 0.0375. The molecule has 1 atom stereocenters. The molecule has 1 aromatic heterocycles. The summed E-state index contributed by atoms with van der Waals surface area (Å²) in [6.07, 6.45) is 1.91. The number of carbonyl (C=O) groups excluding carboxylic acids is 2. The molecule has 3 heterocycles. The summed E-state index contributed by atoms with van der Waals surface area (Å²) in [5.74, 6) is -3.70. The van der Waals surface area contributed by atoms with Gasteiger partial charge in [0.05, 0.1) is 6.04 Å². The summed E-state index contributed by atoms with van der Waals surface area (Å²) in [7, 11) is 0. The second kappa shape index (κ2) is 7.84. The SMILES string of the molecule is O=C(NCc1ccc(F)cc1F)c1cn2c(c(O)c1=O)C(=O)N1CCc3ccccc3[C@@H]2C1. The molecule has 2 bridgehead atoms. The number of fused-ring (bicyclic) bond motifs is 6. The maximum Gasteiger partial charge on any atom is 0.274 e. The van der Waals surface area contributed by atoms with Gasteiger partial charge in [-0.05, 0) is 23.6 Å². The molecule has 0 saturated carbocycles. The van der Waals surface area contributed by atoms with E-state index >= 15 is 0 Å². The third kappa shape index (κ3) is 3.45. The van der Waals surface area contributed by atoms with Gasteiger partial charge < -0.3 is 19.9 Å². The second-order valence-electron chi connectivity index (χ2n) is 8.11. The van der Waals surface area contributed by atoms with E-state index in [-0.39, 0.29) is 29.4 Å². The van der Waals surface area contributed by atoms with Gasteiger partial charge in [-0.2, -0.15) is 0 Å². The van der Waals surface area contributed by atoms with Crippen molar-refractivity contribution in [2.45, 2.75) is 19.0 Å². The molecule has 2 N–H and O–H groups in total. The summed E-state index contributed by atoms with van der Waals surface area (Å²) < 4.78 is 28.5. The number of pyridine rings is 1. The minimum atomic E-state index is -0.986. The third-order valence-corrected chi connectivity index (χ3v) is 6.19. The lowest BCUT2D eigenvalue weighted by Crippen LogP contribution is -2.45. The van der Waals surface area contributed by atoms with Crippen molar-refractivity contribution in [1.29, 1.82) is 0 Å². The number of benzene rings is 2. The van der Waals surface area contributed by atoms with Crippen LogP contribution in [0.3, 0.4) is 0 Å². The van der Waals surface area contributed by atoms with Crippen molar-refractivity contribution in [3.63, 3.8) is 0 Å². The fraction of sp³-hybridized carbons (Fsp3) is 0.208. The van der Waals surface area contributed by atoms with Gasteiger partial charge in [0, 0.05) is 37.5 Å². The van der Waals surface area contributed by atoms with E-state index in [1.807, 2.05) is 24.3 Å². The van der Waals surface area contributed by atoms with Crippen LogP contribution in [0.25, 0.3) is 0 Å². The van der Waals surface area contributed by atoms with E-state index in [0.717, 1.165) is 17.2 Å². The molecule has 33 heavy (non-hydrogen) atoms. The number of aromatic nitrogens is 1. The molecule has 3 aromatic rings. The normalized spacial score (nSPS) is 16.6. The van der Waals surface area contributed by atoms with E-state index in [0.29, 0.717) is 25.6 Å². The van der Waals surface area contributed by atoms with Gasteiger partial charge in [0.15, 0.2) is 11.4 Å². The van der Waals surface area contributed by atoms with Crippen LogP contribution in [0, 0.1) is 11.6 Å². The smallest absolute Gasteiger partial charge is 0.274 e. The van der Waals surface area contributed by atoms with Gasteiger partial charge in [-0.15, -0.1) is 0 Å². The van der Waals surface area contributed by atoms with Crippen LogP contribution >= 0.6 is 0 Å². The topological polar surface area (TPSA) is 91.6 Å². The lowest BCUT2D eigenvalue weighted by atomic mass is 9.97. The number of hydrogen-bond acceptors (Lipinski definition) is 4. The Bertz CT molecular complexity index is 1370. The molecular weight excluding hydrogens is 432 g/mol. The van der Waals surface area contributed by atoms with E-state index in [2.05, 4.69) is 5.32 Å². The first kappa shape index (κ1) is 20.9. The fourth-order valence-corrected chi connectivity index (χ4v) is 4.49. The lowest BCUT2D eigenvalue weighted by molar-refractivity contribution is 0.0686. The standard InChI is InChI=1S/C24H19F2N3O4/c25-15-6-5-14(18(26)9-15)10-27-23(32)17-11-29-19-12-28(24(33)20(29)22(31)21(17)30)8-7-13-3-1-2-4-16(13)19/h1-6,9,11,19,31H,7-8,10,12H2,(H,27,32)/t19-/m0/s1. The molecule has 168 valence electrons. The molecule has 7 nitrogen and oxygen atoms in total. The van der Waals surface area contributed by atoms with Crippen LogP contribution in [0.2, 0.25) is 0 Å². The highest BCUT2D eigenvalue weighted by atomic mass is 19.1. The molecule has 5 rings (SSSR count). The Morgan fingerprint density at radius 1 is 1.15 bits per heavy atom. The molecule has 9 heteroatoms. The van der Waals surface area contributed by atoms with Crippen LogP contribution in [-0.2, 0) is 13.0 Å². The highest BCUT2D eigenvalue weighted by molar-refractivity contribution is 5.99. The van der Waals surface area contributed by atoms with Crippen molar-refractivity contribution in [3.8, 4) is 5.75 Å². The maximum atomic E-state index is 13.9. The summed E-state index contributed by atoms with van der Waals surface area (Å²) in [6.45, 7) is 0.504. The van der Waals surface area contributed by atoms with Gasteiger partial charge in [-0.1, -0.05) is 30.3 Å². The Balaban J connectivity index is 1.55. The molecule has 2 amide bonds. The van der Waals surface area contributed by atoms with E-state index in [9.17, 15) is 28.3 Å². The van der Waals surface area contributed by atoms with Crippen molar-refractivity contribution < 1.29 is 23.5 Å². The second-order valence-corrected chi connectivity index (χ2v) is 8.11. The van der Waals surface area contributed by atoms with E-state index in [1.165, 1.54) is 16.8 Å². The van der Waals surface area contributed by atoms with E-state index in [4.69, 9.17) is 0 Å². The van der Waals surface area contributed by atoms with Crippen LogP contribution in [-0.4, -0.2) is 39.5 Å².